The van der Waals surface area contributed by atoms with Crippen LogP contribution in [-0.2, 0) is 5.75 Å². The fourth-order valence-electron chi connectivity index (χ4n) is 1.77. The van der Waals surface area contributed by atoms with Gasteiger partial charge >= 0.3 is 0 Å². The molecule has 0 aliphatic carbocycles. The summed E-state index contributed by atoms with van der Waals surface area (Å²) in [6, 6.07) is 7.34. The van der Waals surface area contributed by atoms with Crippen LogP contribution in [0.2, 0.25) is 5.02 Å². The van der Waals surface area contributed by atoms with Gasteiger partial charge in [0.2, 0.25) is 16.9 Å². The van der Waals surface area contributed by atoms with Crippen LogP contribution >= 0.6 is 23.4 Å². The van der Waals surface area contributed by atoms with Gasteiger partial charge in [0.15, 0.2) is 0 Å². The summed E-state index contributed by atoms with van der Waals surface area (Å²) in [4.78, 5) is 8.75. The van der Waals surface area contributed by atoms with Gasteiger partial charge in [0, 0.05) is 16.5 Å². The van der Waals surface area contributed by atoms with Crippen molar-refractivity contribution in [2.75, 3.05) is 0 Å². The van der Waals surface area contributed by atoms with Crippen LogP contribution in [0, 0.1) is 0 Å². The van der Waals surface area contributed by atoms with E-state index in [1.807, 2.05) is 12.1 Å². The van der Waals surface area contributed by atoms with Crippen molar-refractivity contribution >= 4 is 23.4 Å². The average molecular weight is 336 g/mol. The van der Waals surface area contributed by atoms with Crippen molar-refractivity contribution in [2.24, 2.45) is 0 Å². The molecule has 114 valence electrons. The molecule has 0 saturated heterocycles. The van der Waals surface area contributed by atoms with E-state index in [-0.39, 0.29) is 0 Å². The Hall–Kier alpha value is -1.86. The molecule has 3 aromatic rings. The molecular weight excluding hydrogens is 322 g/mol. The number of benzene rings is 1. The van der Waals surface area contributed by atoms with Crippen LogP contribution in [0.5, 0.6) is 0 Å². The standard InChI is InChI=1S/C14H14ClN5OS/c1-8(2)12-17-14(19-18-12)22-7-11-16-13(20-21-11)9-4-3-5-10(15)6-9/h3-6,8H,7H2,1-2H3,(H,17,18,19). The van der Waals surface area contributed by atoms with Crippen LogP contribution in [0.15, 0.2) is 33.9 Å². The summed E-state index contributed by atoms with van der Waals surface area (Å²) in [5.41, 5.74) is 0.826. The lowest BCUT2D eigenvalue weighted by atomic mass is 10.2. The van der Waals surface area contributed by atoms with E-state index in [1.165, 1.54) is 11.8 Å². The molecule has 0 unspecified atom stereocenters. The number of nitrogens with zero attached hydrogens (tertiary/aromatic N) is 4. The summed E-state index contributed by atoms with van der Waals surface area (Å²) in [5, 5.41) is 12.3. The predicted molar refractivity (Wildman–Crippen MR) is 84.8 cm³/mol. The number of halogens is 1. The van der Waals surface area contributed by atoms with E-state index in [0.717, 1.165) is 11.4 Å². The van der Waals surface area contributed by atoms with Crippen molar-refractivity contribution in [1.82, 2.24) is 25.3 Å². The van der Waals surface area contributed by atoms with Gasteiger partial charge in [0.05, 0.1) is 5.75 Å². The van der Waals surface area contributed by atoms with Gasteiger partial charge in [-0.05, 0) is 12.1 Å². The van der Waals surface area contributed by atoms with Crippen LogP contribution in [0.3, 0.4) is 0 Å². The zero-order valence-electron chi connectivity index (χ0n) is 12.1. The van der Waals surface area contributed by atoms with E-state index in [2.05, 4.69) is 39.2 Å². The van der Waals surface area contributed by atoms with E-state index in [4.69, 9.17) is 16.1 Å². The number of hydrogen-bond donors (Lipinski definition) is 1. The van der Waals surface area contributed by atoms with E-state index >= 15 is 0 Å². The fraction of sp³-hybridized carbons (Fsp3) is 0.286. The molecular formula is C14H14ClN5OS. The molecule has 1 aromatic carbocycles. The van der Waals surface area contributed by atoms with Crippen molar-refractivity contribution in [1.29, 1.82) is 0 Å². The van der Waals surface area contributed by atoms with Gasteiger partial charge in [-0.25, -0.2) is 4.98 Å². The maximum Gasteiger partial charge on any atom is 0.237 e. The number of rotatable bonds is 5. The van der Waals surface area contributed by atoms with Crippen LogP contribution in [0.25, 0.3) is 11.4 Å². The van der Waals surface area contributed by atoms with Gasteiger partial charge in [0.1, 0.15) is 5.82 Å². The van der Waals surface area contributed by atoms with Gasteiger partial charge in [-0.1, -0.05) is 54.5 Å². The Balaban J connectivity index is 1.66. The monoisotopic (exact) mass is 335 g/mol. The Bertz CT molecular complexity index is 770. The molecule has 3 rings (SSSR count). The molecule has 0 atom stereocenters. The number of H-pyrrole nitrogens is 1. The summed E-state index contributed by atoms with van der Waals surface area (Å²) in [6.07, 6.45) is 0. The zero-order valence-corrected chi connectivity index (χ0v) is 13.6. The highest BCUT2D eigenvalue weighted by Crippen LogP contribution is 2.23. The minimum atomic E-state index is 0.319. The third-order valence-corrected chi connectivity index (χ3v) is 3.97. The maximum atomic E-state index is 5.96. The van der Waals surface area contributed by atoms with Crippen molar-refractivity contribution in [3.05, 3.63) is 41.0 Å². The van der Waals surface area contributed by atoms with Gasteiger partial charge < -0.3 is 4.52 Å². The van der Waals surface area contributed by atoms with E-state index < -0.39 is 0 Å². The van der Waals surface area contributed by atoms with Crippen LogP contribution in [0.4, 0.5) is 0 Å². The normalized spacial score (nSPS) is 11.3. The zero-order chi connectivity index (χ0) is 15.5. The summed E-state index contributed by atoms with van der Waals surface area (Å²) in [5.74, 6) is 2.75. The SMILES string of the molecule is CC(C)c1nc(SCc2nc(-c3cccc(Cl)c3)no2)n[nH]1. The number of hydrogen-bond acceptors (Lipinski definition) is 6. The van der Waals surface area contributed by atoms with E-state index in [1.54, 1.807) is 12.1 Å². The molecule has 0 fully saturated rings. The van der Waals surface area contributed by atoms with Crippen LogP contribution in [0.1, 0.15) is 31.5 Å². The number of aromatic nitrogens is 5. The average Bonchev–Trinajstić information content (AvgIpc) is 3.14. The molecule has 1 N–H and O–H groups in total. The predicted octanol–water partition coefficient (Wildman–Crippen LogP) is 3.92. The van der Waals surface area contributed by atoms with Crippen molar-refractivity contribution in [3.63, 3.8) is 0 Å². The highest BCUT2D eigenvalue weighted by molar-refractivity contribution is 7.98. The maximum absolute atomic E-state index is 5.96. The van der Waals surface area contributed by atoms with Gasteiger partial charge in [-0.3, -0.25) is 5.10 Å². The Kier molecular flexibility index (Phi) is 4.44. The third kappa shape index (κ3) is 3.48. The Morgan fingerprint density at radius 3 is 2.91 bits per heavy atom. The number of thioether (sulfide) groups is 1. The topological polar surface area (TPSA) is 80.5 Å². The molecule has 0 amide bonds. The molecule has 6 nitrogen and oxygen atoms in total. The molecule has 2 aromatic heterocycles. The molecule has 0 bridgehead atoms. The van der Waals surface area contributed by atoms with Crippen LogP contribution in [-0.4, -0.2) is 25.3 Å². The number of nitrogens with one attached hydrogen (secondary N) is 1. The van der Waals surface area contributed by atoms with Crippen molar-refractivity contribution in [2.45, 2.75) is 30.7 Å². The first-order valence-electron chi connectivity index (χ1n) is 6.75. The molecule has 8 heteroatoms. The van der Waals surface area contributed by atoms with Gasteiger partial charge in [0.25, 0.3) is 0 Å². The molecule has 0 aliphatic heterocycles. The first-order chi connectivity index (χ1) is 10.6. The molecule has 0 spiro atoms. The fourth-order valence-corrected chi connectivity index (χ4v) is 2.60. The second kappa shape index (κ2) is 6.50. The summed E-state index contributed by atoms with van der Waals surface area (Å²) in [7, 11) is 0. The minimum absolute atomic E-state index is 0.319. The molecule has 0 aliphatic rings. The van der Waals surface area contributed by atoms with Gasteiger partial charge in [-0.2, -0.15) is 4.98 Å². The molecule has 0 radical (unpaired) electrons. The first kappa shape index (κ1) is 15.1. The third-order valence-electron chi connectivity index (χ3n) is 2.90. The van der Waals surface area contributed by atoms with E-state index in [0.29, 0.717) is 33.6 Å². The van der Waals surface area contributed by atoms with E-state index in [9.17, 15) is 0 Å². The molecule has 22 heavy (non-hydrogen) atoms. The molecule has 0 saturated carbocycles. The summed E-state index contributed by atoms with van der Waals surface area (Å²) in [6.45, 7) is 4.12. The molecule has 2 heterocycles. The largest absolute Gasteiger partial charge is 0.338 e. The van der Waals surface area contributed by atoms with Crippen LogP contribution < -0.4 is 0 Å². The Labute approximate surface area is 136 Å². The lowest BCUT2D eigenvalue weighted by molar-refractivity contribution is 0.391. The first-order valence-corrected chi connectivity index (χ1v) is 8.12. The second-order valence-corrected chi connectivity index (χ2v) is 6.35. The van der Waals surface area contributed by atoms with Crippen molar-refractivity contribution < 1.29 is 4.52 Å². The lowest BCUT2D eigenvalue weighted by Crippen LogP contribution is -1.89. The quantitative estimate of drug-likeness (QED) is 0.712. The lowest BCUT2D eigenvalue weighted by Gasteiger charge is -1.95. The summed E-state index contributed by atoms with van der Waals surface area (Å²) < 4.78 is 5.24. The minimum Gasteiger partial charge on any atom is -0.338 e. The Morgan fingerprint density at radius 2 is 2.18 bits per heavy atom. The highest BCUT2D eigenvalue weighted by Gasteiger charge is 2.12. The second-order valence-electron chi connectivity index (χ2n) is 4.97. The smallest absolute Gasteiger partial charge is 0.237 e. The Morgan fingerprint density at radius 1 is 1.32 bits per heavy atom. The van der Waals surface area contributed by atoms with Gasteiger partial charge in [-0.15, -0.1) is 5.10 Å². The highest BCUT2D eigenvalue weighted by atomic mass is 35.5. The van der Waals surface area contributed by atoms with Crippen molar-refractivity contribution in [3.8, 4) is 11.4 Å². The number of aromatic amines is 1. The summed E-state index contributed by atoms with van der Waals surface area (Å²) >= 11 is 7.41.